The minimum Gasteiger partial charge on any atom is -0.496 e. The van der Waals surface area contributed by atoms with E-state index in [1.807, 2.05) is 17.0 Å². The summed E-state index contributed by atoms with van der Waals surface area (Å²) in [7, 11) is 1.69. The largest absolute Gasteiger partial charge is 0.496 e. The van der Waals surface area contributed by atoms with Gasteiger partial charge in [0, 0.05) is 17.7 Å². The number of rotatable bonds is 2. The highest BCUT2D eigenvalue weighted by atomic mass is 16.7. The van der Waals surface area contributed by atoms with Crippen molar-refractivity contribution in [1.29, 1.82) is 0 Å². The standard InChI is InChI=1S/C19H17NO4/c1-22-14-4-2-3-11-7-13-16-12(5-6-20(13)9-21)8-15-19(24-10-23-15)18(16)17(11)14/h2-4,8-9,13H,5-7,10H2,1H3/t13-/m1/s1. The van der Waals surface area contributed by atoms with Crippen LogP contribution in [0, 0.1) is 0 Å². The lowest BCUT2D eigenvalue weighted by atomic mass is 9.76. The van der Waals surface area contributed by atoms with Crippen LogP contribution in [0.15, 0.2) is 24.3 Å². The molecule has 0 fully saturated rings. The van der Waals surface area contributed by atoms with Crippen molar-refractivity contribution in [2.24, 2.45) is 0 Å². The molecule has 1 atom stereocenters. The second-order valence-corrected chi connectivity index (χ2v) is 6.37. The van der Waals surface area contributed by atoms with Crippen molar-refractivity contribution in [3.63, 3.8) is 0 Å². The Kier molecular flexibility index (Phi) is 2.80. The van der Waals surface area contributed by atoms with Gasteiger partial charge in [-0.3, -0.25) is 4.79 Å². The topological polar surface area (TPSA) is 48.0 Å². The summed E-state index contributed by atoms with van der Waals surface area (Å²) in [5, 5.41) is 0. The van der Waals surface area contributed by atoms with E-state index in [4.69, 9.17) is 14.2 Å². The second-order valence-electron chi connectivity index (χ2n) is 6.37. The Labute approximate surface area is 139 Å². The lowest BCUT2D eigenvalue weighted by molar-refractivity contribution is -0.120. The molecule has 0 unspecified atom stereocenters. The van der Waals surface area contributed by atoms with Crippen molar-refractivity contribution in [1.82, 2.24) is 4.90 Å². The third kappa shape index (κ3) is 1.67. The minimum atomic E-state index is 0.0513. The average molecular weight is 323 g/mol. The Morgan fingerprint density at radius 3 is 3.00 bits per heavy atom. The number of ether oxygens (including phenoxy) is 3. The summed E-state index contributed by atoms with van der Waals surface area (Å²) in [6.45, 7) is 0.970. The van der Waals surface area contributed by atoms with Gasteiger partial charge >= 0.3 is 0 Å². The first-order valence-corrected chi connectivity index (χ1v) is 8.14. The number of hydrogen-bond acceptors (Lipinski definition) is 4. The Hall–Kier alpha value is -2.69. The van der Waals surface area contributed by atoms with E-state index >= 15 is 0 Å². The first-order valence-electron chi connectivity index (χ1n) is 8.14. The van der Waals surface area contributed by atoms with E-state index in [2.05, 4.69) is 12.1 Å². The molecule has 1 amide bonds. The zero-order chi connectivity index (χ0) is 16.3. The molecule has 2 aromatic rings. The fourth-order valence-corrected chi connectivity index (χ4v) is 4.27. The summed E-state index contributed by atoms with van der Waals surface area (Å²) in [6.07, 6.45) is 2.59. The van der Waals surface area contributed by atoms with Gasteiger partial charge in [0.1, 0.15) is 5.75 Å². The third-order valence-electron chi connectivity index (χ3n) is 5.29. The molecule has 5 heteroatoms. The molecular formula is C19H17NO4. The van der Waals surface area contributed by atoms with E-state index in [0.29, 0.717) is 0 Å². The summed E-state index contributed by atoms with van der Waals surface area (Å²) in [6, 6.07) is 8.21. The van der Waals surface area contributed by atoms with Gasteiger partial charge in [0.25, 0.3) is 0 Å². The fourth-order valence-electron chi connectivity index (χ4n) is 4.27. The molecule has 0 spiro atoms. The molecule has 2 aromatic carbocycles. The maximum atomic E-state index is 11.6. The van der Waals surface area contributed by atoms with Gasteiger partial charge in [-0.05, 0) is 41.7 Å². The first kappa shape index (κ1) is 13.7. The van der Waals surface area contributed by atoms with Crippen molar-refractivity contribution in [3.8, 4) is 28.4 Å². The van der Waals surface area contributed by atoms with Gasteiger partial charge in [0.15, 0.2) is 11.5 Å². The normalized spacial score (nSPS) is 19.5. The maximum absolute atomic E-state index is 11.6. The zero-order valence-corrected chi connectivity index (χ0v) is 13.4. The number of nitrogens with zero attached hydrogens (tertiary/aromatic N) is 1. The van der Waals surface area contributed by atoms with Crippen LogP contribution in [0.5, 0.6) is 17.2 Å². The van der Waals surface area contributed by atoms with Crippen molar-refractivity contribution in [2.75, 3.05) is 20.4 Å². The lowest BCUT2D eigenvalue weighted by Gasteiger charge is -2.40. The highest BCUT2D eigenvalue weighted by molar-refractivity contribution is 5.87. The predicted molar refractivity (Wildman–Crippen MR) is 87.5 cm³/mol. The van der Waals surface area contributed by atoms with E-state index in [9.17, 15) is 4.79 Å². The van der Waals surface area contributed by atoms with Crippen molar-refractivity contribution in [3.05, 3.63) is 41.0 Å². The summed E-state index contributed by atoms with van der Waals surface area (Å²) in [5.74, 6) is 2.40. The van der Waals surface area contributed by atoms with Crippen LogP contribution in [0.3, 0.4) is 0 Å². The molecule has 24 heavy (non-hydrogen) atoms. The van der Waals surface area contributed by atoms with Crippen LogP contribution in [-0.4, -0.2) is 31.8 Å². The quantitative estimate of drug-likeness (QED) is 0.797. The summed E-state index contributed by atoms with van der Waals surface area (Å²) in [4.78, 5) is 13.5. The van der Waals surface area contributed by atoms with Gasteiger partial charge in [0.2, 0.25) is 13.2 Å². The number of methoxy groups -OCH3 is 1. The van der Waals surface area contributed by atoms with E-state index in [-0.39, 0.29) is 12.8 Å². The molecule has 122 valence electrons. The molecule has 0 saturated carbocycles. The monoisotopic (exact) mass is 323 g/mol. The summed E-state index contributed by atoms with van der Waals surface area (Å²) < 4.78 is 17.1. The lowest BCUT2D eigenvalue weighted by Crippen LogP contribution is -2.37. The minimum absolute atomic E-state index is 0.0513. The van der Waals surface area contributed by atoms with Gasteiger partial charge in [-0.2, -0.15) is 0 Å². The molecule has 0 saturated heterocycles. The number of hydrogen-bond donors (Lipinski definition) is 0. The summed E-state index contributed by atoms with van der Waals surface area (Å²) in [5.41, 5.74) is 5.72. The fraction of sp³-hybridized carbons (Fsp3) is 0.316. The highest BCUT2D eigenvalue weighted by Crippen LogP contribution is 2.55. The maximum Gasteiger partial charge on any atom is 0.231 e. The van der Waals surface area contributed by atoms with Crippen LogP contribution in [0.4, 0.5) is 0 Å². The Bertz CT molecular complexity index is 861. The van der Waals surface area contributed by atoms with Gasteiger partial charge in [-0.15, -0.1) is 0 Å². The van der Waals surface area contributed by atoms with Crippen LogP contribution in [0.2, 0.25) is 0 Å². The van der Waals surface area contributed by atoms with Gasteiger partial charge in [0.05, 0.1) is 13.2 Å². The molecule has 2 aliphatic heterocycles. The van der Waals surface area contributed by atoms with Crippen molar-refractivity contribution in [2.45, 2.75) is 18.9 Å². The number of amides is 1. The predicted octanol–water partition coefficient (Wildman–Crippen LogP) is 2.70. The number of benzene rings is 2. The molecule has 3 aliphatic rings. The highest BCUT2D eigenvalue weighted by Gasteiger charge is 2.39. The Morgan fingerprint density at radius 1 is 1.25 bits per heavy atom. The Morgan fingerprint density at radius 2 is 2.17 bits per heavy atom. The van der Waals surface area contributed by atoms with Crippen molar-refractivity contribution < 1.29 is 19.0 Å². The van der Waals surface area contributed by atoms with Gasteiger partial charge in [-0.25, -0.2) is 0 Å². The summed E-state index contributed by atoms with van der Waals surface area (Å²) >= 11 is 0. The molecule has 5 rings (SSSR count). The van der Waals surface area contributed by atoms with E-state index < -0.39 is 0 Å². The van der Waals surface area contributed by atoms with E-state index in [1.54, 1.807) is 7.11 Å². The number of carbonyl (C=O) groups excluding carboxylic acids is 1. The average Bonchev–Trinajstić information content (AvgIpc) is 3.09. The molecule has 2 heterocycles. The van der Waals surface area contributed by atoms with Gasteiger partial charge < -0.3 is 19.1 Å². The van der Waals surface area contributed by atoms with Crippen LogP contribution in [-0.2, 0) is 17.6 Å². The van der Waals surface area contributed by atoms with Crippen LogP contribution >= 0.6 is 0 Å². The second kappa shape index (κ2) is 4.90. The molecule has 0 radical (unpaired) electrons. The zero-order valence-electron chi connectivity index (χ0n) is 13.4. The number of fused-ring (bicyclic) bond motifs is 4. The SMILES string of the molecule is COc1cccc2c1-c1c3c(cc4c1[C@@H](C2)N(C=O)CC4)OCO3. The first-order chi connectivity index (χ1) is 11.8. The van der Waals surface area contributed by atoms with Crippen LogP contribution in [0.25, 0.3) is 11.1 Å². The van der Waals surface area contributed by atoms with Crippen LogP contribution in [0.1, 0.15) is 22.7 Å². The molecule has 0 N–H and O–H groups in total. The van der Waals surface area contributed by atoms with E-state index in [1.165, 1.54) is 16.7 Å². The van der Waals surface area contributed by atoms with Gasteiger partial charge in [-0.1, -0.05) is 12.1 Å². The smallest absolute Gasteiger partial charge is 0.231 e. The molecule has 0 aromatic heterocycles. The molecule has 1 aliphatic carbocycles. The number of carbonyl (C=O) groups is 1. The third-order valence-corrected chi connectivity index (χ3v) is 5.29. The van der Waals surface area contributed by atoms with Crippen molar-refractivity contribution >= 4 is 6.41 Å². The molecular weight excluding hydrogens is 306 g/mol. The van der Waals surface area contributed by atoms with E-state index in [0.717, 1.165) is 54.2 Å². The Balaban J connectivity index is 1.87. The molecule has 0 bridgehead atoms. The molecule has 5 nitrogen and oxygen atoms in total. The van der Waals surface area contributed by atoms with Crippen LogP contribution < -0.4 is 14.2 Å².